The molecule has 23 heavy (non-hydrogen) atoms. The number of rotatable bonds is 3. The first-order valence-electron chi connectivity index (χ1n) is 7.77. The Morgan fingerprint density at radius 3 is 2.22 bits per heavy atom. The van der Waals surface area contributed by atoms with Crippen molar-refractivity contribution < 1.29 is 9.53 Å². The van der Waals surface area contributed by atoms with Gasteiger partial charge in [0.05, 0.1) is 5.92 Å². The molecule has 2 nitrogen and oxygen atoms in total. The van der Waals surface area contributed by atoms with Crippen molar-refractivity contribution in [3.05, 3.63) is 90.0 Å². The van der Waals surface area contributed by atoms with Crippen LogP contribution in [-0.2, 0) is 11.2 Å². The molecule has 0 amide bonds. The van der Waals surface area contributed by atoms with Gasteiger partial charge in [-0.1, -0.05) is 72.8 Å². The molecular weight excluding hydrogens is 284 g/mol. The lowest BCUT2D eigenvalue weighted by Gasteiger charge is -2.12. The normalized spacial score (nSPS) is 16.0. The molecule has 1 aliphatic heterocycles. The van der Waals surface area contributed by atoms with E-state index in [9.17, 15) is 4.79 Å². The molecule has 0 aromatic heterocycles. The van der Waals surface area contributed by atoms with Crippen LogP contribution < -0.4 is 4.74 Å². The zero-order valence-electron chi connectivity index (χ0n) is 12.6. The lowest BCUT2D eigenvalue weighted by Crippen LogP contribution is -2.13. The molecule has 0 radical (unpaired) electrons. The van der Waals surface area contributed by atoms with Crippen LogP contribution in [0, 0.1) is 0 Å². The van der Waals surface area contributed by atoms with E-state index in [1.54, 1.807) is 0 Å². The number of ether oxygens (including phenoxy) is 1. The van der Waals surface area contributed by atoms with Crippen molar-refractivity contribution in [2.75, 3.05) is 0 Å². The van der Waals surface area contributed by atoms with Gasteiger partial charge >= 0.3 is 5.97 Å². The average molecular weight is 300 g/mol. The van der Waals surface area contributed by atoms with Crippen LogP contribution in [0.5, 0.6) is 5.75 Å². The maximum absolute atomic E-state index is 12.4. The monoisotopic (exact) mass is 300 g/mol. The molecule has 0 fully saturated rings. The van der Waals surface area contributed by atoms with Gasteiger partial charge in [0, 0.05) is 5.56 Å². The third-order valence-electron chi connectivity index (χ3n) is 4.28. The van der Waals surface area contributed by atoms with Gasteiger partial charge in [0.15, 0.2) is 0 Å². The summed E-state index contributed by atoms with van der Waals surface area (Å²) in [6, 6.07) is 26.1. The molecule has 112 valence electrons. The van der Waals surface area contributed by atoms with Gasteiger partial charge in [0.2, 0.25) is 0 Å². The van der Waals surface area contributed by atoms with E-state index in [0.717, 1.165) is 22.3 Å². The predicted molar refractivity (Wildman–Crippen MR) is 90.4 cm³/mol. The second kappa shape index (κ2) is 5.73. The molecule has 0 saturated heterocycles. The standard InChI is InChI=1S/C21H16O2/c22-21-18(14-15-8-3-1-4-9-15)20-17(12-7-13-19(20)23-21)16-10-5-2-6-11-16/h1-13,18H,14H2. The van der Waals surface area contributed by atoms with Gasteiger partial charge in [-0.25, -0.2) is 0 Å². The largest absolute Gasteiger partial charge is 0.426 e. The van der Waals surface area contributed by atoms with Gasteiger partial charge in [-0.15, -0.1) is 0 Å². The fraction of sp³-hybridized carbons (Fsp3) is 0.0952. The van der Waals surface area contributed by atoms with Crippen LogP contribution in [0.25, 0.3) is 11.1 Å². The summed E-state index contributed by atoms with van der Waals surface area (Å²) in [7, 11) is 0. The molecule has 1 atom stereocenters. The van der Waals surface area contributed by atoms with Gasteiger partial charge in [-0.05, 0) is 29.2 Å². The Morgan fingerprint density at radius 1 is 0.783 bits per heavy atom. The van der Waals surface area contributed by atoms with Crippen molar-refractivity contribution in [3.63, 3.8) is 0 Å². The van der Waals surface area contributed by atoms with E-state index in [4.69, 9.17) is 4.74 Å². The highest BCUT2D eigenvalue weighted by Gasteiger charge is 2.35. The van der Waals surface area contributed by atoms with E-state index < -0.39 is 0 Å². The molecule has 1 unspecified atom stereocenters. The predicted octanol–water partition coefficient (Wildman–Crippen LogP) is 4.60. The summed E-state index contributed by atoms with van der Waals surface area (Å²) >= 11 is 0. The number of fused-ring (bicyclic) bond motifs is 1. The van der Waals surface area contributed by atoms with Gasteiger partial charge in [0.25, 0.3) is 0 Å². The summed E-state index contributed by atoms with van der Waals surface area (Å²) in [6.07, 6.45) is 0.663. The zero-order valence-corrected chi connectivity index (χ0v) is 12.6. The Bertz CT molecular complexity index is 838. The minimum Gasteiger partial charge on any atom is -0.426 e. The van der Waals surface area contributed by atoms with Crippen LogP contribution in [0.4, 0.5) is 0 Å². The lowest BCUT2D eigenvalue weighted by molar-refractivity contribution is -0.134. The average Bonchev–Trinajstić information content (AvgIpc) is 2.92. The maximum Gasteiger partial charge on any atom is 0.319 e. The fourth-order valence-electron chi connectivity index (χ4n) is 3.19. The second-order valence-electron chi connectivity index (χ2n) is 5.75. The van der Waals surface area contributed by atoms with E-state index in [-0.39, 0.29) is 11.9 Å². The van der Waals surface area contributed by atoms with E-state index in [1.807, 2.05) is 48.5 Å². The number of benzene rings is 3. The number of carbonyl (C=O) groups is 1. The molecule has 0 saturated carbocycles. The minimum absolute atomic E-state index is 0.160. The Hall–Kier alpha value is -2.87. The number of esters is 1. The maximum atomic E-state index is 12.4. The van der Waals surface area contributed by atoms with E-state index in [0.29, 0.717) is 12.2 Å². The van der Waals surface area contributed by atoms with Crippen LogP contribution in [0.3, 0.4) is 0 Å². The van der Waals surface area contributed by atoms with Crippen LogP contribution in [-0.4, -0.2) is 5.97 Å². The summed E-state index contributed by atoms with van der Waals surface area (Å²) in [5.41, 5.74) is 4.34. The lowest BCUT2D eigenvalue weighted by atomic mass is 9.87. The summed E-state index contributed by atoms with van der Waals surface area (Å²) in [5.74, 6) is 0.285. The van der Waals surface area contributed by atoms with Crippen LogP contribution in [0.15, 0.2) is 78.9 Å². The molecule has 2 heteroatoms. The van der Waals surface area contributed by atoms with E-state index >= 15 is 0 Å². The van der Waals surface area contributed by atoms with Gasteiger partial charge in [-0.2, -0.15) is 0 Å². The molecule has 0 N–H and O–H groups in total. The molecule has 4 rings (SSSR count). The van der Waals surface area contributed by atoms with Crippen molar-refractivity contribution >= 4 is 5.97 Å². The minimum atomic E-state index is -0.246. The van der Waals surface area contributed by atoms with Gasteiger partial charge in [-0.3, -0.25) is 4.79 Å². The van der Waals surface area contributed by atoms with E-state index in [1.165, 1.54) is 0 Å². The Labute approximate surface area is 135 Å². The molecule has 1 heterocycles. The van der Waals surface area contributed by atoms with Gasteiger partial charge < -0.3 is 4.74 Å². The summed E-state index contributed by atoms with van der Waals surface area (Å²) in [4.78, 5) is 12.4. The SMILES string of the molecule is O=C1Oc2cccc(-c3ccccc3)c2C1Cc1ccccc1. The Kier molecular flexibility index (Phi) is 3.43. The van der Waals surface area contributed by atoms with Crippen molar-refractivity contribution in [3.8, 4) is 16.9 Å². The molecule has 3 aromatic rings. The number of carbonyl (C=O) groups excluding carboxylic acids is 1. The first-order valence-corrected chi connectivity index (χ1v) is 7.77. The topological polar surface area (TPSA) is 26.3 Å². The summed E-state index contributed by atoms with van der Waals surface area (Å²) < 4.78 is 5.51. The Morgan fingerprint density at radius 2 is 1.48 bits per heavy atom. The van der Waals surface area contributed by atoms with Crippen LogP contribution in [0.1, 0.15) is 17.0 Å². The quantitative estimate of drug-likeness (QED) is 0.522. The number of hydrogen-bond donors (Lipinski definition) is 0. The van der Waals surface area contributed by atoms with Crippen molar-refractivity contribution in [1.82, 2.24) is 0 Å². The van der Waals surface area contributed by atoms with E-state index in [2.05, 4.69) is 30.3 Å². The molecule has 0 aliphatic carbocycles. The second-order valence-corrected chi connectivity index (χ2v) is 5.75. The molecule has 3 aromatic carbocycles. The van der Waals surface area contributed by atoms with Crippen molar-refractivity contribution in [1.29, 1.82) is 0 Å². The summed E-state index contributed by atoms with van der Waals surface area (Å²) in [6.45, 7) is 0. The summed E-state index contributed by atoms with van der Waals surface area (Å²) in [5, 5.41) is 0. The highest BCUT2D eigenvalue weighted by molar-refractivity contribution is 5.91. The van der Waals surface area contributed by atoms with Crippen LogP contribution >= 0.6 is 0 Å². The zero-order chi connectivity index (χ0) is 15.6. The first-order chi connectivity index (χ1) is 11.3. The third-order valence-corrected chi connectivity index (χ3v) is 4.28. The Balaban J connectivity index is 1.80. The molecule has 0 bridgehead atoms. The first kappa shape index (κ1) is 13.8. The highest BCUT2D eigenvalue weighted by atomic mass is 16.5. The molecule has 1 aliphatic rings. The molecule has 0 spiro atoms. The number of hydrogen-bond acceptors (Lipinski definition) is 2. The highest BCUT2D eigenvalue weighted by Crippen LogP contribution is 2.43. The van der Waals surface area contributed by atoms with Gasteiger partial charge in [0.1, 0.15) is 5.75 Å². The molecular formula is C21H16O2. The van der Waals surface area contributed by atoms with Crippen molar-refractivity contribution in [2.24, 2.45) is 0 Å². The smallest absolute Gasteiger partial charge is 0.319 e. The van der Waals surface area contributed by atoms with Crippen LogP contribution in [0.2, 0.25) is 0 Å². The van der Waals surface area contributed by atoms with Crippen molar-refractivity contribution in [2.45, 2.75) is 12.3 Å². The fourth-order valence-corrected chi connectivity index (χ4v) is 3.19. The third kappa shape index (κ3) is 2.53.